The molecule has 1 rings (SSSR count). The van der Waals surface area contributed by atoms with Crippen LogP contribution in [-0.4, -0.2) is 32.8 Å². The van der Waals surface area contributed by atoms with Gasteiger partial charge in [0.15, 0.2) is 5.96 Å². The first-order valence-corrected chi connectivity index (χ1v) is 7.49. The molecule has 0 fully saturated rings. The van der Waals surface area contributed by atoms with Crippen LogP contribution < -0.4 is 10.6 Å². The van der Waals surface area contributed by atoms with Crippen LogP contribution in [0.25, 0.3) is 0 Å². The summed E-state index contributed by atoms with van der Waals surface area (Å²) in [7, 11) is 1.62. The minimum absolute atomic E-state index is 0. The Kier molecular flexibility index (Phi) is 11.9. The van der Waals surface area contributed by atoms with Crippen LogP contribution in [0.5, 0.6) is 0 Å². The Balaban J connectivity index is 0.00000484. The van der Waals surface area contributed by atoms with Crippen LogP contribution in [0.4, 0.5) is 8.78 Å². The quantitative estimate of drug-likeness (QED) is 0.282. The zero-order valence-electron chi connectivity index (χ0n) is 13.9. The van der Waals surface area contributed by atoms with Crippen molar-refractivity contribution in [1.82, 2.24) is 10.6 Å². The lowest BCUT2D eigenvalue weighted by Crippen LogP contribution is -2.38. The number of aliphatic imine (C=N–C) groups is 1. The molecule has 1 aromatic carbocycles. The zero-order valence-corrected chi connectivity index (χ0v) is 16.2. The maximum absolute atomic E-state index is 13.5. The van der Waals surface area contributed by atoms with Crippen molar-refractivity contribution in [2.24, 2.45) is 10.9 Å². The van der Waals surface area contributed by atoms with Gasteiger partial charge < -0.3 is 15.4 Å². The highest BCUT2D eigenvalue weighted by Crippen LogP contribution is 2.08. The molecule has 0 unspecified atom stereocenters. The standard InChI is InChI=1S/C16H25F2N3O.HI/c1-12(2)6-8-22-9-7-20-16(19-3)21-11-13-10-14(17)4-5-15(13)18;/h4-5,10,12H,6-9,11H2,1-3H3,(H2,19,20,21);1H. The molecule has 0 spiro atoms. The van der Waals surface area contributed by atoms with E-state index in [0.717, 1.165) is 25.2 Å². The number of nitrogens with one attached hydrogen (secondary N) is 2. The molecule has 7 heteroatoms. The van der Waals surface area contributed by atoms with Gasteiger partial charge in [-0.1, -0.05) is 13.8 Å². The van der Waals surface area contributed by atoms with Crippen LogP contribution in [-0.2, 0) is 11.3 Å². The third kappa shape index (κ3) is 9.70. The maximum atomic E-state index is 13.5. The number of guanidine groups is 1. The SMILES string of the molecule is CN=C(NCCOCCC(C)C)NCc1cc(F)ccc1F.I. The molecule has 0 bridgehead atoms. The first kappa shape index (κ1) is 22.0. The van der Waals surface area contributed by atoms with E-state index in [1.54, 1.807) is 7.05 Å². The molecule has 0 heterocycles. The van der Waals surface area contributed by atoms with E-state index in [0.29, 0.717) is 25.0 Å². The average Bonchev–Trinajstić information content (AvgIpc) is 2.48. The predicted octanol–water partition coefficient (Wildman–Crippen LogP) is 3.31. The lowest BCUT2D eigenvalue weighted by molar-refractivity contribution is 0.128. The largest absolute Gasteiger partial charge is 0.380 e. The van der Waals surface area contributed by atoms with Gasteiger partial charge >= 0.3 is 0 Å². The average molecular weight is 441 g/mol. The molecule has 0 aliphatic heterocycles. The molecular formula is C16H26F2IN3O. The molecule has 0 radical (unpaired) electrons. The second-order valence-corrected chi connectivity index (χ2v) is 5.38. The number of hydrogen-bond acceptors (Lipinski definition) is 2. The molecule has 1 aromatic rings. The summed E-state index contributed by atoms with van der Waals surface area (Å²) >= 11 is 0. The predicted molar refractivity (Wildman–Crippen MR) is 100 cm³/mol. The van der Waals surface area contributed by atoms with Gasteiger partial charge in [-0.05, 0) is 30.5 Å². The van der Waals surface area contributed by atoms with Gasteiger partial charge in [0.1, 0.15) is 11.6 Å². The van der Waals surface area contributed by atoms with E-state index < -0.39 is 11.6 Å². The van der Waals surface area contributed by atoms with Crippen LogP contribution in [0.1, 0.15) is 25.8 Å². The van der Waals surface area contributed by atoms with Gasteiger partial charge in [0, 0.05) is 32.3 Å². The van der Waals surface area contributed by atoms with E-state index in [4.69, 9.17) is 4.74 Å². The molecule has 0 saturated carbocycles. The van der Waals surface area contributed by atoms with Gasteiger partial charge in [-0.2, -0.15) is 0 Å². The fraction of sp³-hybridized carbons (Fsp3) is 0.562. The molecule has 0 aromatic heterocycles. The maximum Gasteiger partial charge on any atom is 0.191 e. The van der Waals surface area contributed by atoms with E-state index in [2.05, 4.69) is 29.5 Å². The fourth-order valence-electron chi connectivity index (χ4n) is 1.74. The third-order valence-electron chi connectivity index (χ3n) is 3.06. The van der Waals surface area contributed by atoms with Gasteiger partial charge in [-0.15, -0.1) is 24.0 Å². The van der Waals surface area contributed by atoms with Crippen LogP contribution in [0.15, 0.2) is 23.2 Å². The minimum atomic E-state index is -0.459. The lowest BCUT2D eigenvalue weighted by Gasteiger charge is -2.13. The van der Waals surface area contributed by atoms with Crippen LogP contribution in [0, 0.1) is 17.6 Å². The van der Waals surface area contributed by atoms with Crippen molar-refractivity contribution in [3.8, 4) is 0 Å². The Bertz CT molecular complexity index is 484. The van der Waals surface area contributed by atoms with E-state index in [9.17, 15) is 8.78 Å². The number of hydrogen-bond donors (Lipinski definition) is 2. The Morgan fingerprint density at radius 1 is 1.22 bits per heavy atom. The van der Waals surface area contributed by atoms with Gasteiger partial charge in [0.25, 0.3) is 0 Å². The molecular weight excluding hydrogens is 415 g/mol. The second kappa shape index (κ2) is 12.5. The number of halogens is 3. The summed E-state index contributed by atoms with van der Waals surface area (Å²) in [5.41, 5.74) is 0.260. The van der Waals surface area contributed by atoms with E-state index in [1.165, 1.54) is 6.07 Å². The molecule has 0 atom stereocenters. The fourth-order valence-corrected chi connectivity index (χ4v) is 1.74. The van der Waals surface area contributed by atoms with Crippen molar-refractivity contribution < 1.29 is 13.5 Å². The number of rotatable bonds is 8. The first-order chi connectivity index (χ1) is 10.5. The van der Waals surface area contributed by atoms with Gasteiger partial charge in [-0.3, -0.25) is 4.99 Å². The highest BCUT2D eigenvalue weighted by Gasteiger charge is 2.05. The molecule has 0 aliphatic carbocycles. The smallest absolute Gasteiger partial charge is 0.191 e. The first-order valence-electron chi connectivity index (χ1n) is 7.49. The van der Waals surface area contributed by atoms with Gasteiger partial charge in [-0.25, -0.2) is 8.78 Å². The number of ether oxygens (including phenoxy) is 1. The van der Waals surface area contributed by atoms with Crippen molar-refractivity contribution in [2.45, 2.75) is 26.8 Å². The minimum Gasteiger partial charge on any atom is -0.380 e. The summed E-state index contributed by atoms with van der Waals surface area (Å²) < 4.78 is 32.1. The Hall–Kier alpha value is -0.960. The topological polar surface area (TPSA) is 45.7 Å². The van der Waals surface area contributed by atoms with E-state index in [-0.39, 0.29) is 36.1 Å². The van der Waals surface area contributed by atoms with Crippen LogP contribution in [0.3, 0.4) is 0 Å². The Morgan fingerprint density at radius 2 is 1.96 bits per heavy atom. The highest BCUT2D eigenvalue weighted by atomic mass is 127. The highest BCUT2D eigenvalue weighted by molar-refractivity contribution is 14.0. The molecule has 0 amide bonds. The summed E-state index contributed by atoms with van der Waals surface area (Å²) in [6.45, 7) is 6.38. The van der Waals surface area contributed by atoms with E-state index in [1.807, 2.05) is 0 Å². The number of nitrogens with zero attached hydrogens (tertiary/aromatic N) is 1. The normalized spacial score (nSPS) is 11.3. The van der Waals surface area contributed by atoms with Crippen molar-refractivity contribution >= 4 is 29.9 Å². The van der Waals surface area contributed by atoms with E-state index >= 15 is 0 Å². The summed E-state index contributed by atoms with van der Waals surface area (Å²) in [6, 6.07) is 3.39. The molecule has 23 heavy (non-hydrogen) atoms. The summed E-state index contributed by atoms with van der Waals surface area (Å²) in [5, 5.41) is 6.00. The van der Waals surface area contributed by atoms with Crippen molar-refractivity contribution in [3.63, 3.8) is 0 Å². The monoisotopic (exact) mass is 441 g/mol. The summed E-state index contributed by atoms with van der Waals surface area (Å²) in [5.74, 6) is 0.251. The molecule has 0 aliphatic rings. The molecule has 0 saturated heterocycles. The van der Waals surface area contributed by atoms with Gasteiger partial charge in [0.2, 0.25) is 0 Å². The van der Waals surface area contributed by atoms with Crippen molar-refractivity contribution in [1.29, 1.82) is 0 Å². The van der Waals surface area contributed by atoms with Crippen molar-refractivity contribution in [2.75, 3.05) is 26.8 Å². The zero-order chi connectivity index (χ0) is 16.4. The second-order valence-electron chi connectivity index (χ2n) is 5.38. The molecule has 4 nitrogen and oxygen atoms in total. The molecule has 2 N–H and O–H groups in total. The van der Waals surface area contributed by atoms with Gasteiger partial charge in [0.05, 0.1) is 6.61 Å². The lowest BCUT2D eigenvalue weighted by atomic mass is 10.1. The van der Waals surface area contributed by atoms with Crippen LogP contribution in [0.2, 0.25) is 0 Å². The van der Waals surface area contributed by atoms with Crippen LogP contribution >= 0.6 is 24.0 Å². The summed E-state index contributed by atoms with van der Waals surface area (Å²) in [6.07, 6.45) is 1.03. The third-order valence-corrected chi connectivity index (χ3v) is 3.06. The summed E-state index contributed by atoms with van der Waals surface area (Å²) in [4.78, 5) is 4.02. The Labute approximate surface area is 154 Å². The molecule has 132 valence electrons. The Morgan fingerprint density at radius 3 is 2.61 bits per heavy atom. The number of benzene rings is 1. The van der Waals surface area contributed by atoms with Crippen molar-refractivity contribution in [3.05, 3.63) is 35.4 Å².